The number of rotatable bonds is 7. The highest BCUT2D eigenvalue weighted by Gasteiger charge is 2.18. The summed E-state index contributed by atoms with van der Waals surface area (Å²) in [4.78, 5) is 29.1. The highest BCUT2D eigenvalue weighted by Crippen LogP contribution is 2.30. The first-order valence-electron chi connectivity index (χ1n) is 9.64. The Kier molecular flexibility index (Phi) is 6.44. The van der Waals surface area contributed by atoms with Crippen LogP contribution in [0.1, 0.15) is 46.5 Å². The lowest BCUT2D eigenvalue weighted by atomic mass is 10.1. The van der Waals surface area contributed by atoms with Gasteiger partial charge in [-0.25, -0.2) is 9.59 Å². The minimum absolute atomic E-state index is 0.267. The van der Waals surface area contributed by atoms with E-state index in [4.69, 9.17) is 9.47 Å². The van der Waals surface area contributed by atoms with Gasteiger partial charge < -0.3 is 14.8 Å². The SMILES string of the molecule is CCCOC(=O)c1cccc(Nc2c(C(=O)OCC)cnc3ccc(C)cc23)c1. The van der Waals surface area contributed by atoms with Crippen molar-refractivity contribution in [3.05, 3.63) is 65.4 Å². The predicted molar refractivity (Wildman–Crippen MR) is 113 cm³/mol. The maximum atomic E-state index is 12.5. The van der Waals surface area contributed by atoms with Crippen LogP contribution in [-0.4, -0.2) is 30.1 Å². The Balaban J connectivity index is 2.04. The number of nitrogens with zero attached hydrogens (tertiary/aromatic N) is 1. The number of carbonyl (C=O) groups is 2. The summed E-state index contributed by atoms with van der Waals surface area (Å²) in [6.45, 7) is 6.32. The van der Waals surface area contributed by atoms with E-state index < -0.39 is 5.97 Å². The van der Waals surface area contributed by atoms with Crippen molar-refractivity contribution in [1.82, 2.24) is 4.98 Å². The van der Waals surface area contributed by atoms with Crippen molar-refractivity contribution in [2.75, 3.05) is 18.5 Å². The largest absolute Gasteiger partial charge is 0.462 e. The van der Waals surface area contributed by atoms with Crippen LogP contribution in [0.25, 0.3) is 10.9 Å². The number of aromatic nitrogens is 1. The lowest BCUT2D eigenvalue weighted by molar-refractivity contribution is 0.0501. The molecule has 0 atom stereocenters. The number of pyridine rings is 1. The summed E-state index contributed by atoms with van der Waals surface area (Å²) >= 11 is 0. The van der Waals surface area contributed by atoms with Crippen molar-refractivity contribution in [2.45, 2.75) is 27.2 Å². The van der Waals surface area contributed by atoms with E-state index in [1.165, 1.54) is 6.20 Å². The van der Waals surface area contributed by atoms with Crippen LogP contribution in [0, 0.1) is 6.92 Å². The number of hydrogen-bond donors (Lipinski definition) is 1. The zero-order valence-corrected chi connectivity index (χ0v) is 16.8. The summed E-state index contributed by atoms with van der Waals surface area (Å²) in [6.07, 6.45) is 2.27. The zero-order chi connectivity index (χ0) is 20.8. The number of anilines is 2. The van der Waals surface area contributed by atoms with Crippen LogP contribution in [0.3, 0.4) is 0 Å². The maximum Gasteiger partial charge on any atom is 0.341 e. The molecule has 0 aliphatic rings. The van der Waals surface area contributed by atoms with Gasteiger partial charge >= 0.3 is 11.9 Å². The van der Waals surface area contributed by atoms with E-state index >= 15 is 0 Å². The first kappa shape index (κ1) is 20.3. The molecule has 3 rings (SSSR count). The van der Waals surface area contributed by atoms with Gasteiger partial charge in [0, 0.05) is 17.3 Å². The van der Waals surface area contributed by atoms with Crippen LogP contribution in [-0.2, 0) is 9.47 Å². The molecule has 0 amide bonds. The molecule has 0 unspecified atom stereocenters. The van der Waals surface area contributed by atoms with Crippen molar-refractivity contribution < 1.29 is 19.1 Å². The van der Waals surface area contributed by atoms with Gasteiger partial charge in [0.1, 0.15) is 5.56 Å². The van der Waals surface area contributed by atoms with E-state index in [-0.39, 0.29) is 12.6 Å². The molecular weight excluding hydrogens is 368 g/mol. The molecule has 2 aromatic carbocycles. The summed E-state index contributed by atoms with van der Waals surface area (Å²) in [6, 6.07) is 12.8. The van der Waals surface area contributed by atoms with Crippen molar-refractivity contribution in [3.8, 4) is 0 Å². The molecule has 1 N–H and O–H groups in total. The Morgan fingerprint density at radius 2 is 1.86 bits per heavy atom. The van der Waals surface area contributed by atoms with Crippen molar-refractivity contribution in [3.63, 3.8) is 0 Å². The molecule has 0 radical (unpaired) electrons. The molecule has 6 heteroatoms. The number of hydrogen-bond acceptors (Lipinski definition) is 6. The summed E-state index contributed by atoms with van der Waals surface area (Å²) in [7, 11) is 0. The van der Waals surface area contributed by atoms with Gasteiger partial charge in [0.25, 0.3) is 0 Å². The first-order valence-corrected chi connectivity index (χ1v) is 9.64. The molecule has 0 saturated carbocycles. The van der Waals surface area contributed by atoms with E-state index in [9.17, 15) is 9.59 Å². The van der Waals surface area contributed by atoms with Crippen molar-refractivity contribution in [1.29, 1.82) is 0 Å². The third-order valence-corrected chi connectivity index (χ3v) is 4.32. The van der Waals surface area contributed by atoms with Crippen LogP contribution in [0.2, 0.25) is 0 Å². The fraction of sp³-hybridized carbons (Fsp3) is 0.261. The van der Waals surface area contributed by atoms with Gasteiger partial charge in [0.05, 0.1) is 30.0 Å². The number of esters is 2. The lowest BCUT2D eigenvalue weighted by Gasteiger charge is -2.15. The van der Waals surface area contributed by atoms with Gasteiger partial charge in [-0.05, 0) is 50.6 Å². The van der Waals surface area contributed by atoms with Crippen molar-refractivity contribution in [2.24, 2.45) is 0 Å². The van der Waals surface area contributed by atoms with E-state index in [2.05, 4.69) is 10.3 Å². The molecule has 0 aliphatic heterocycles. The summed E-state index contributed by atoms with van der Waals surface area (Å²) in [5, 5.41) is 4.09. The zero-order valence-electron chi connectivity index (χ0n) is 16.8. The fourth-order valence-electron chi connectivity index (χ4n) is 2.95. The molecule has 0 fully saturated rings. The minimum Gasteiger partial charge on any atom is -0.462 e. The third kappa shape index (κ3) is 4.71. The van der Waals surface area contributed by atoms with E-state index in [1.807, 2.05) is 38.1 Å². The molecular formula is C23H24N2O4. The predicted octanol–water partition coefficient (Wildman–Crippen LogP) is 5.03. The number of aryl methyl sites for hydroxylation is 1. The molecule has 1 aromatic heterocycles. The summed E-state index contributed by atoms with van der Waals surface area (Å²) in [5.74, 6) is -0.832. The lowest BCUT2D eigenvalue weighted by Crippen LogP contribution is -2.10. The summed E-state index contributed by atoms with van der Waals surface area (Å²) < 4.78 is 10.4. The Hall–Kier alpha value is -3.41. The smallest absolute Gasteiger partial charge is 0.341 e. The minimum atomic E-state index is -0.454. The highest BCUT2D eigenvalue weighted by molar-refractivity contribution is 6.06. The number of carbonyl (C=O) groups excluding carboxylic acids is 2. The second-order valence-corrected chi connectivity index (χ2v) is 6.63. The summed E-state index contributed by atoms with van der Waals surface area (Å²) in [5.41, 5.74) is 3.83. The monoisotopic (exact) mass is 392 g/mol. The van der Waals surface area contributed by atoms with Gasteiger partial charge in [0.2, 0.25) is 0 Å². The molecule has 150 valence electrons. The van der Waals surface area contributed by atoms with Crippen molar-refractivity contribution >= 4 is 34.2 Å². The Morgan fingerprint density at radius 3 is 2.62 bits per heavy atom. The first-order chi connectivity index (χ1) is 14.0. The average Bonchev–Trinajstić information content (AvgIpc) is 2.72. The second kappa shape index (κ2) is 9.19. The number of nitrogens with one attached hydrogen (secondary N) is 1. The van der Waals surface area contributed by atoms with Gasteiger partial charge in [-0.2, -0.15) is 0 Å². The normalized spacial score (nSPS) is 10.6. The topological polar surface area (TPSA) is 77.5 Å². The van der Waals surface area contributed by atoms with Crippen LogP contribution >= 0.6 is 0 Å². The number of benzene rings is 2. The number of ether oxygens (including phenoxy) is 2. The molecule has 1 heterocycles. The van der Waals surface area contributed by atoms with E-state index in [0.717, 1.165) is 22.9 Å². The molecule has 3 aromatic rings. The van der Waals surface area contributed by atoms with Gasteiger partial charge in [-0.1, -0.05) is 24.6 Å². The van der Waals surface area contributed by atoms with Gasteiger partial charge in [-0.15, -0.1) is 0 Å². The quantitative estimate of drug-likeness (QED) is 0.568. The molecule has 6 nitrogen and oxygen atoms in total. The van der Waals surface area contributed by atoms with Crippen LogP contribution in [0.5, 0.6) is 0 Å². The molecule has 0 bridgehead atoms. The Morgan fingerprint density at radius 1 is 1.03 bits per heavy atom. The Labute approximate surface area is 169 Å². The Bertz CT molecular complexity index is 1050. The molecule has 0 saturated heterocycles. The average molecular weight is 392 g/mol. The molecule has 0 aliphatic carbocycles. The van der Waals surface area contributed by atoms with Crippen LogP contribution in [0.4, 0.5) is 11.4 Å². The highest BCUT2D eigenvalue weighted by atomic mass is 16.5. The van der Waals surface area contributed by atoms with Crippen LogP contribution < -0.4 is 5.32 Å². The van der Waals surface area contributed by atoms with E-state index in [1.54, 1.807) is 25.1 Å². The number of fused-ring (bicyclic) bond motifs is 1. The van der Waals surface area contributed by atoms with Gasteiger partial charge in [0.15, 0.2) is 0 Å². The molecule has 29 heavy (non-hydrogen) atoms. The second-order valence-electron chi connectivity index (χ2n) is 6.63. The van der Waals surface area contributed by atoms with E-state index in [0.29, 0.717) is 29.1 Å². The standard InChI is InChI=1S/C23H24N2O4/c1-4-11-29-22(26)16-7-6-8-17(13-16)25-21-18-12-15(3)9-10-20(18)24-14-19(21)23(27)28-5-2/h6-10,12-14H,4-5,11H2,1-3H3,(H,24,25). The third-order valence-electron chi connectivity index (χ3n) is 4.32. The van der Waals surface area contributed by atoms with Crippen LogP contribution in [0.15, 0.2) is 48.7 Å². The fourth-order valence-corrected chi connectivity index (χ4v) is 2.95. The van der Waals surface area contributed by atoms with Gasteiger partial charge in [-0.3, -0.25) is 4.98 Å². The molecule has 0 spiro atoms. The maximum absolute atomic E-state index is 12.5.